The van der Waals surface area contributed by atoms with E-state index in [-0.39, 0.29) is 17.1 Å². The summed E-state index contributed by atoms with van der Waals surface area (Å²) in [6, 6.07) is 0. The van der Waals surface area contributed by atoms with Crippen LogP contribution < -0.4 is 0 Å². The van der Waals surface area contributed by atoms with E-state index < -0.39 is 0 Å². The van der Waals surface area contributed by atoms with Crippen molar-refractivity contribution in [3.8, 4) is 0 Å². The van der Waals surface area contributed by atoms with Crippen molar-refractivity contribution in [2.75, 3.05) is 11.5 Å². The standard InChI is InChI=1S/C15H26O2S/c1-14(2)10-12(15(3,4)17-14)13(16)9-11-5-7-18-8-6-11/h11-12H,5-10H2,1-4H3. The van der Waals surface area contributed by atoms with Gasteiger partial charge < -0.3 is 4.74 Å². The third-order valence-electron chi connectivity index (χ3n) is 4.29. The Morgan fingerprint density at radius 3 is 2.33 bits per heavy atom. The molecule has 2 heterocycles. The summed E-state index contributed by atoms with van der Waals surface area (Å²) < 4.78 is 6.03. The van der Waals surface area contributed by atoms with Crippen LogP contribution in [0.25, 0.3) is 0 Å². The van der Waals surface area contributed by atoms with Gasteiger partial charge >= 0.3 is 0 Å². The number of Topliss-reactive ketones (excluding diaryl/α,β-unsaturated/α-hetero) is 1. The zero-order chi connectivity index (χ0) is 13.4. The molecule has 1 atom stereocenters. The SMILES string of the molecule is CC1(C)CC(C(=O)CC2CCSCC2)C(C)(C)O1. The van der Waals surface area contributed by atoms with E-state index in [4.69, 9.17) is 4.74 Å². The molecule has 0 amide bonds. The van der Waals surface area contributed by atoms with Crippen molar-refractivity contribution >= 4 is 17.5 Å². The highest BCUT2D eigenvalue weighted by atomic mass is 32.2. The third-order valence-corrected chi connectivity index (χ3v) is 5.34. The van der Waals surface area contributed by atoms with Crippen LogP contribution in [0, 0.1) is 11.8 Å². The Kier molecular flexibility index (Phi) is 4.13. The number of carbonyl (C=O) groups is 1. The van der Waals surface area contributed by atoms with Gasteiger partial charge in [0.1, 0.15) is 5.78 Å². The van der Waals surface area contributed by atoms with Gasteiger partial charge in [-0.1, -0.05) is 0 Å². The summed E-state index contributed by atoms with van der Waals surface area (Å²) in [4.78, 5) is 12.5. The number of ketones is 1. The minimum absolute atomic E-state index is 0.0853. The van der Waals surface area contributed by atoms with Gasteiger partial charge in [0, 0.05) is 12.3 Å². The van der Waals surface area contributed by atoms with Crippen LogP contribution in [0.3, 0.4) is 0 Å². The van der Waals surface area contributed by atoms with E-state index in [1.807, 2.05) is 11.8 Å². The van der Waals surface area contributed by atoms with Crippen LogP contribution in [0.5, 0.6) is 0 Å². The van der Waals surface area contributed by atoms with E-state index in [1.165, 1.54) is 24.3 Å². The average Bonchev–Trinajstić information content (AvgIpc) is 2.48. The van der Waals surface area contributed by atoms with Crippen LogP contribution >= 0.6 is 11.8 Å². The number of thioether (sulfide) groups is 1. The van der Waals surface area contributed by atoms with Crippen molar-refractivity contribution in [2.24, 2.45) is 11.8 Å². The maximum atomic E-state index is 12.5. The van der Waals surface area contributed by atoms with Crippen LogP contribution in [0.4, 0.5) is 0 Å². The second-order valence-electron chi connectivity index (χ2n) is 6.95. The topological polar surface area (TPSA) is 26.3 Å². The molecular weight excluding hydrogens is 244 g/mol. The van der Waals surface area contributed by atoms with Crippen molar-refractivity contribution in [3.63, 3.8) is 0 Å². The maximum Gasteiger partial charge on any atom is 0.139 e. The molecule has 2 aliphatic heterocycles. The van der Waals surface area contributed by atoms with Gasteiger partial charge in [-0.25, -0.2) is 0 Å². The predicted octanol–water partition coefficient (Wildman–Crippen LogP) is 3.68. The monoisotopic (exact) mass is 270 g/mol. The number of rotatable bonds is 3. The largest absolute Gasteiger partial charge is 0.369 e. The molecule has 0 aromatic carbocycles. The summed E-state index contributed by atoms with van der Waals surface area (Å²) in [6.45, 7) is 8.33. The summed E-state index contributed by atoms with van der Waals surface area (Å²) in [5.41, 5.74) is -0.434. The minimum atomic E-state index is -0.288. The molecule has 0 spiro atoms. The highest BCUT2D eigenvalue weighted by Gasteiger charge is 2.49. The zero-order valence-electron chi connectivity index (χ0n) is 12.1. The van der Waals surface area contributed by atoms with Crippen LogP contribution in [-0.4, -0.2) is 28.5 Å². The molecule has 2 saturated heterocycles. The fourth-order valence-corrected chi connectivity index (χ4v) is 4.65. The molecule has 104 valence electrons. The van der Waals surface area contributed by atoms with Crippen molar-refractivity contribution in [1.82, 2.24) is 0 Å². The molecule has 0 radical (unpaired) electrons. The Morgan fingerprint density at radius 2 is 1.83 bits per heavy atom. The normalized spacial score (nSPS) is 31.4. The number of hydrogen-bond donors (Lipinski definition) is 0. The van der Waals surface area contributed by atoms with Crippen LogP contribution in [0.15, 0.2) is 0 Å². The fourth-order valence-electron chi connectivity index (χ4n) is 3.44. The van der Waals surface area contributed by atoms with Gasteiger partial charge in [-0.05, 0) is 64.4 Å². The van der Waals surface area contributed by atoms with E-state index in [0.29, 0.717) is 11.7 Å². The fraction of sp³-hybridized carbons (Fsp3) is 0.933. The highest BCUT2D eigenvalue weighted by Crippen LogP contribution is 2.43. The summed E-state index contributed by atoms with van der Waals surface area (Å²) in [5, 5.41) is 0. The lowest BCUT2D eigenvalue weighted by atomic mass is 9.80. The first-order valence-electron chi connectivity index (χ1n) is 7.11. The van der Waals surface area contributed by atoms with Crippen LogP contribution in [0.1, 0.15) is 53.4 Å². The van der Waals surface area contributed by atoms with Gasteiger partial charge in [0.15, 0.2) is 0 Å². The van der Waals surface area contributed by atoms with Gasteiger partial charge in [0.05, 0.1) is 11.2 Å². The molecule has 0 aromatic heterocycles. The molecule has 2 aliphatic rings. The van der Waals surface area contributed by atoms with E-state index in [9.17, 15) is 4.79 Å². The van der Waals surface area contributed by atoms with E-state index in [0.717, 1.165) is 12.8 Å². The maximum absolute atomic E-state index is 12.5. The lowest BCUT2D eigenvalue weighted by Crippen LogP contribution is -2.34. The van der Waals surface area contributed by atoms with Crippen molar-refractivity contribution in [3.05, 3.63) is 0 Å². The van der Waals surface area contributed by atoms with Gasteiger partial charge in [-0.2, -0.15) is 11.8 Å². The lowest BCUT2D eigenvalue weighted by Gasteiger charge is -2.28. The molecule has 0 aromatic rings. The second kappa shape index (κ2) is 5.16. The molecule has 3 heteroatoms. The average molecular weight is 270 g/mol. The van der Waals surface area contributed by atoms with Crippen LogP contribution in [0.2, 0.25) is 0 Å². The first-order chi connectivity index (χ1) is 8.30. The van der Waals surface area contributed by atoms with Gasteiger partial charge in [-0.15, -0.1) is 0 Å². The van der Waals surface area contributed by atoms with E-state index in [1.54, 1.807) is 0 Å². The number of hydrogen-bond acceptors (Lipinski definition) is 3. The van der Waals surface area contributed by atoms with Gasteiger partial charge in [0.25, 0.3) is 0 Å². The summed E-state index contributed by atoms with van der Waals surface area (Å²) in [6.07, 6.45) is 4.08. The Bertz CT molecular complexity index is 316. The molecule has 0 aliphatic carbocycles. The van der Waals surface area contributed by atoms with Gasteiger partial charge in [-0.3, -0.25) is 4.79 Å². The zero-order valence-corrected chi connectivity index (χ0v) is 12.9. The predicted molar refractivity (Wildman–Crippen MR) is 77.0 cm³/mol. The Morgan fingerprint density at radius 1 is 1.22 bits per heavy atom. The summed E-state index contributed by atoms with van der Waals surface area (Å²) in [7, 11) is 0. The smallest absolute Gasteiger partial charge is 0.139 e. The van der Waals surface area contributed by atoms with E-state index >= 15 is 0 Å². The Hall–Kier alpha value is -0.0200. The first kappa shape index (κ1) is 14.4. The van der Waals surface area contributed by atoms with E-state index in [2.05, 4.69) is 27.7 Å². The second-order valence-corrected chi connectivity index (χ2v) is 8.17. The summed E-state index contributed by atoms with van der Waals surface area (Å²) >= 11 is 2.02. The molecular formula is C15H26O2S. The molecule has 2 fully saturated rings. The molecule has 0 saturated carbocycles. The number of ether oxygens (including phenoxy) is 1. The molecule has 2 rings (SSSR count). The minimum Gasteiger partial charge on any atom is -0.369 e. The Labute approximate surface area is 115 Å². The lowest BCUT2D eigenvalue weighted by molar-refractivity contribution is -0.130. The number of carbonyl (C=O) groups excluding carboxylic acids is 1. The molecule has 18 heavy (non-hydrogen) atoms. The van der Waals surface area contributed by atoms with Crippen molar-refractivity contribution < 1.29 is 9.53 Å². The summed E-state index contributed by atoms with van der Waals surface area (Å²) in [5.74, 6) is 3.60. The van der Waals surface area contributed by atoms with Crippen molar-refractivity contribution in [2.45, 2.75) is 64.6 Å². The molecule has 1 unspecified atom stereocenters. The van der Waals surface area contributed by atoms with Gasteiger partial charge in [0.2, 0.25) is 0 Å². The Balaban J connectivity index is 1.96. The quantitative estimate of drug-likeness (QED) is 0.782. The third kappa shape index (κ3) is 3.30. The first-order valence-corrected chi connectivity index (χ1v) is 8.26. The highest BCUT2D eigenvalue weighted by molar-refractivity contribution is 7.99. The molecule has 2 nitrogen and oxygen atoms in total. The molecule has 0 N–H and O–H groups in total. The van der Waals surface area contributed by atoms with Crippen LogP contribution in [-0.2, 0) is 9.53 Å². The molecule has 0 bridgehead atoms. The van der Waals surface area contributed by atoms with Crippen molar-refractivity contribution in [1.29, 1.82) is 0 Å².